The van der Waals surface area contributed by atoms with Crippen molar-refractivity contribution in [2.24, 2.45) is 5.18 Å². The summed E-state index contributed by atoms with van der Waals surface area (Å²) < 4.78 is 0. The van der Waals surface area contributed by atoms with Gasteiger partial charge in [-0.3, -0.25) is 9.89 Å². The second kappa shape index (κ2) is 2.91. The molecule has 0 unspecified atom stereocenters. The van der Waals surface area contributed by atoms with E-state index < -0.39 is 0 Å². The van der Waals surface area contributed by atoms with Gasteiger partial charge in [-0.15, -0.1) is 4.91 Å². The molecule has 1 aromatic heterocycles. The van der Waals surface area contributed by atoms with Crippen molar-refractivity contribution in [3.05, 3.63) is 16.7 Å². The Balaban J connectivity index is 2.88. The van der Waals surface area contributed by atoms with Crippen LogP contribution in [0.2, 0.25) is 0 Å². The van der Waals surface area contributed by atoms with Crippen molar-refractivity contribution in [3.8, 4) is 0 Å². The van der Waals surface area contributed by atoms with Crippen LogP contribution in [0.15, 0.2) is 11.2 Å². The first kappa shape index (κ1) is 7.39. The number of rotatable bonds is 2. The average Bonchev–Trinajstić information content (AvgIpc) is 2.50. The number of carbonyl (C=O) groups is 1. The monoisotopic (exact) mass is 154 g/mol. The lowest BCUT2D eigenvalue weighted by Gasteiger charge is -1.90. The summed E-state index contributed by atoms with van der Waals surface area (Å²) in [7, 11) is 1.48. The molecule has 6 nitrogen and oxygen atoms in total. The topological polar surface area (TPSA) is 87.2 Å². The third kappa shape index (κ3) is 1.40. The van der Waals surface area contributed by atoms with Gasteiger partial charge in [0.2, 0.25) is 5.82 Å². The predicted molar refractivity (Wildman–Crippen MR) is 37.4 cm³/mol. The van der Waals surface area contributed by atoms with E-state index in [-0.39, 0.29) is 17.4 Å². The van der Waals surface area contributed by atoms with E-state index in [1.54, 1.807) is 0 Å². The van der Waals surface area contributed by atoms with Crippen LogP contribution in [-0.4, -0.2) is 23.2 Å². The molecule has 11 heavy (non-hydrogen) atoms. The van der Waals surface area contributed by atoms with E-state index in [1.165, 1.54) is 13.1 Å². The molecule has 58 valence electrons. The second-order valence-corrected chi connectivity index (χ2v) is 1.81. The fraction of sp³-hybridized carbons (Fsp3) is 0.200. The smallest absolute Gasteiger partial charge is 0.269 e. The van der Waals surface area contributed by atoms with Gasteiger partial charge < -0.3 is 5.32 Å². The molecule has 0 saturated heterocycles. The number of aromatic amines is 1. The van der Waals surface area contributed by atoms with Gasteiger partial charge in [-0.05, 0) is 5.18 Å². The van der Waals surface area contributed by atoms with E-state index in [4.69, 9.17) is 0 Å². The van der Waals surface area contributed by atoms with Crippen LogP contribution in [-0.2, 0) is 0 Å². The van der Waals surface area contributed by atoms with Crippen LogP contribution in [0, 0.1) is 4.91 Å². The number of nitroso groups, excluding NO2 is 1. The second-order valence-electron chi connectivity index (χ2n) is 1.81. The summed E-state index contributed by atoms with van der Waals surface area (Å²) in [5, 5.41) is 10.7. The lowest BCUT2D eigenvalue weighted by Crippen LogP contribution is -2.17. The lowest BCUT2D eigenvalue weighted by molar-refractivity contribution is 0.0958. The summed E-state index contributed by atoms with van der Waals surface area (Å²) in [5.41, 5.74) is 0.224. The van der Waals surface area contributed by atoms with Gasteiger partial charge in [0.05, 0.1) is 0 Å². The van der Waals surface area contributed by atoms with Crippen molar-refractivity contribution in [2.45, 2.75) is 0 Å². The molecule has 0 bridgehead atoms. The number of hydrogen-bond donors (Lipinski definition) is 2. The van der Waals surface area contributed by atoms with E-state index in [1.807, 2.05) is 0 Å². The lowest BCUT2D eigenvalue weighted by atomic mass is 10.4. The molecule has 0 aromatic carbocycles. The third-order valence-corrected chi connectivity index (χ3v) is 1.13. The fourth-order valence-electron chi connectivity index (χ4n) is 0.609. The van der Waals surface area contributed by atoms with Gasteiger partial charge in [0.15, 0.2) is 0 Å². The maximum atomic E-state index is 10.8. The summed E-state index contributed by atoms with van der Waals surface area (Å²) in [6.07, 6.45) is 0. The maximum absolute atomic E-state index is 10.8. The van der Waals surface area contributed by atoms with Gasteiger partial charge in [0.1, 0.15) is 5.69 Å². The van der Waals surface area contributed by atoms with Crippen LogP contribution in [0.25, 0.3) is 0 Å². The van der Waals surface area contributed by atoms with E-state index in [9.17, 15) is 9.70 Å². The molecule has 2 N–H and O–H groups in total. The Bertz CT molecular complexity index is 280. The number of nitrogens with one attached hydrogen (secondary N) is 2. The van der Waals surface area contributed by atoms with Crippen LogP contribution < -0.4 is 5.32 Å². The highest BCUT2D eigenvalue weighted by molar-refractivity contribution is 5.92. The highest BCUT2D eigenvalue weighted by Crippen LogP contribution is 2.07. The number of carbonyl (C=O) groups excluding carboxylic acids is 1. The Labute approximate surface area is 62.0 Å². The van der Waals surface area contributed by atoms with Crippen molar-refractivity contribution in [1.29, 1.82) is 0 Å². The number of nitrogens with zero attached hydrogens (tertiary/aromatic N) is 2. The van der Waals surface area contributed by atoms with E-state index in [0.29, 0.717) is 0 Å². The quantitative estimate of drug-likeness (QED) is 0.595. The van der Waals surface area contributed by atoms with Gasteiger partial charge in [0.25, 0.3) is 5.91 Å². The highest BCUT2D eigenvalue weighted by Gasteiger charge is 2.06. The minimum atomic E-state index is -0.326. The number of H-pyrrole nitrogens is 1. The normalized spacial score (nSPS) is 9.18. The molecule has 1 rings (SSSR count). The van der Waals surface area contributed by atoms with Gasteiger partial charge in [-0.1, -0.05) is 0 Å². The minimum absolute atomic E-state index is 0.0244. The van der Waals surface area contributed by atoms with Crippen molar-refractivity contribution in [3.63, 3.8) is 0 Å². The first-order valence-corrected chi connectivity index (χ1v) is 2.88. The first-order chi connectivity index (χ1) is 5.27. The molecule has 0 aliphatic rings. The predicted octanol–water partition coefficient (Wildman–Crippen LogP) is 0.167. The van der Waals surface area contributed by atoms with E-state index >= 15 is 0 Å². The molecular weight excluding hydrogens is 148 g/mol. The van der Waals surface area contributed by atoms with Crippen LogP contribution >= 0.6 is 0 Å². The largest absolute Gasteiger partial charge is 0.354 e. The fourth-order valence-corrected chi connectivity index (χ4v) is 0.609. The zero-order chi connectivity index (χ0) is 8.27. The van der Waals surface area contributed by atoms with Gasteiger partial charge in [0, 0.05) is 13.1 Å². The number of aromatic nitrogens is 2. The molecular formula is C5H6N4O2. The Morgan fingerprint density at radius 1 is 1.82 bits per heavy atom. The third-order valence-electron chi connectivity index (χ3n) is 1.13. The first-order valence-electron chi connectivity index (χ1n) is 2.88. The Morgan fingerprint density at radius 3 is 3.00 bits per heavy atom. The molecule has 0 saturated carbocycles. The van der Waals surface area contributed by atoms with Crippen LogP contribution in [0.4, 0.5) is 5.82 Å². The Morgan fingerprint density at radius 2 is 2.55 bits per heavy atom. The summed E-state index contributed by atoms with van der Waals surface area (Å²) in [6, 6.07) is 1.27. The van der Waals surface area contributed by atoms with E-state index in [2.05, 4.69) is 20.7 Å². The molecule has 6 heteroatoms. The maximum Gasteiger partial charge on any atom is 0.269 e. The molecule has 0 atom stereocenters. The summed E-state index contributed by atoms with van der Waals surface area (Å²) in [6.45, 7) is 0. The van der Waals surface area contributed by atoms with Crippen LogP contribution in [0.3, 0.4) is 0 Å². The van der Waals surface area contributed by atoms with Gasteiger partial charge >= 0.3 is 0 Å². The molecule has 0 radical (unpaired) electrons. The van der Waals surface area contributed by atoms with Crippen molar-refractivity contribution < 1.29 is 4.79 Å². The zero-order valence-electron chi connectivity index (χ0n) is 5.79. The highest BCUT2D eigenvalue weighted by atomic mass is 16.3. The summed E-state index contributed by atoms with van der Waals surface area (Å²) in [5.74, 6) is -0.351. The molecule has 0 spiro atoms. The molecule has 1 amide bonds. The van der Waals surface area contributed by atoms with Crippen LogP contribution in [0.1, 0.15) is 10.5 Å². The standard InChI is InChI=1S/C5H6N4O2/c1-6-5(10)3-2-4(9-11)8-7-3/h2H,1H3,(H,6,10)(H,7,8). The number of hydrogen-bond acceptors (Lipinski definition) is 4. The van der Waals surface area contributed by atoms with Gasteiger partial charge in [-0.25, -0.2) is 0 Å². The summed E-state index contributed by atoms with van der Waals surface area (Å²) in [4.78, 5) is 20.7. The summed E-state index contributed by atoms with van der Waals surface area (Å²) >= 11 is 0. The van der Waals surface area contributed by atoms with Crippen molar-refractivity contribution in [1.82, 2.24) is 15.5 Å². The van der Waals surface area contributed by atoms with Crippen molar-refractivity contribution >= 4 is 11.7 Å². The SMILES string of the molecule is CNC(=O)c1cc(N=O)n[nH]1. The van der Waals surface area contributed by atoms with E-state index in [0.717, 1.165) is 0 Å². The van der Waals surface area contributed by atoms with Crippen LogP contribution in [0.5, 0.6) is 0 Å². The molecule has 0 aliphatic carbocycles. The Hall–Kier alpha value is -1.72. The molecule has 0 aliphatic heterocycles. The molecule has 1 aromatic rings. The molecule has 0 fully saturated rings. The number of amides is 1. The van der Waals surface area contributed by atoms with Gasteiger partial charge in [-0.2, -0.15) is 5.10 Å². The van der Waals surface area contributed by atoms with Crippen molar-refractivity contribution in [2.75, 3.05) is 7.05 Å². The zero-order valence-corrected chi connectivity index (χ0v) is 5.79. The molecule has 1 heterocycles. The Kier molecular flexibility index (Phi) is 1.95. The average molecular weight is 154 g/mol. The minimum Gasteiger partial charge on any atom is -0.354 e.